The molecule has 0 aromatic heterocycles. The Hall–Kier alpha value is -3.47. The number of carbonyl (C=O) groups is 3. The van der Waals surface area contributed by atoms with Crippen LogP contribution in [-0.4, -0.2) is 56.8 Å². The fraction of sp³-hybridized carbons (Fsp3) is 0.423. The highest BCUT2D eigenvalue weighted by Crippen LogP contribution is 2.42. The summed E-state index contributed by atoms with van der Waals surface area (Å²) in [7, 11) is -2.29. The van der Waals surface area contributed by atoms with Crippen LogP contribution in [0.1, 0.15) is 70.6 Å². The summed E-state index contributed by atoms with van der Waals surface area (Å²) in [4.78, 5) is 40.5. The molecule has 1 aliphatic rings. The molecule has 0 radical (unpaired) electrons. The zero-order chi connectivity index (χ0) is 27.7. The van der Waals surface area contributed by atoms with Crippen LogP contribution < -0.4 is 14.8 Å². The van der Waals surface area contributed by atoms with E-state index >= 15 is 4.39 Å². The molecule has 2 aromatic carbocycles. The SMILES string of the molecule is CCOc1cc([C@@H](CS(C)(=O)=O)N2C(=O)c3c(F)c(C)c(CC)c(NC(=O)CC)c3C2=O)ccc1OC. The van der Waals surface area contributed by atoms with E-state index in [9.17, 15) is 22.8 Å². The van der Waals surface area contributed by atoms with Crippen molar-refractivity contribution in [2.45, 2.75) is 46.6 Å². The topological polar surface area (TPSA) is 119 Å². The van der Waals surface area contributed by atoms with Crippen LogP contribution >= 0.6 is 0 Å². The van der Waals surface area contributed by atoms with Crippen LogP contribution in [0.5, 0.6) is 11.5 Å². The van der Waals surface area contributed by atoms with Crippen molar-refractivity contribution in [2.75, 3.05) is 31.0 Å². The van der Waals surface area contributed by atoms with Gasteiger partial charge in [-0.25, -0.2) is 12.8 Å². The molecule has 200 valence electrons. The minimum Gasteiger partial charge on any atom is -0.493 e. The molecule has 3 rings (SSSR count). The van der Waals surface area contributed by atoms with Gasteiger partial charge in [-0.1, -0.05) is 19.9 Å². The number of carbonyl (C=O) groups excluding carboxylic acids is 3. The summed E-state index contributed by atoms with van der Waals surface area (Å²) in [5, 5.41) is 2.66. The highest BCUT2D eigenvalue weighted by molar-refractivity contribution is 7.90. The number of ether oxygens (including phenoxy) is 2. The van der Waals surface area contributed by atoms with Crippen molar-refractivity contribution in [1.82, 2.24) is 4.90 Å². The van der Waals surface area contributed by atoms with Crippen molar-refractivity contribution in [1.29, 1.82) is 0 Å². The van der Waals surface area contributed by atoms with Gasteiger partial charge < -0.3 is 14.8 Å². The quantitative estimate of drug-likeness (QED) is 0.460. The van der Waals surface area contributed by atoms with Crippen LogP contribution in [0.2, 0.25) is 0 Å². The van der Waals surface area contributed by atoms with E-state index in [2.05, 4.69) is 5.32 Å². The first kappa shape index (κ1) is 28.1. The van der Waals surface area contributed by atoms with Gasteiger partial charge in [-0.15, -0.1) is 0 Å². The van der Waals surface area contributed by atoms with E-state index in [0.717, 1.165) is 11.2 Å². The summed E-state index contributed by atoms with van der Waals surface area (Å²) in [5.74, 6) is -3.07. The monoisotopic (exact) mass is 534 g/mol. The van der Waals surface area contributed by atoms with Crippen LogP contribution in [0.25, 0.3) is 0 Å². The second-order valence-electron chi connectivity index (χ2n) is 8.73. The molecule has 0 saturated heterocycles. The number of nitrogens with zero attached hydrogens (tertiary/aromatic N) is 1. The van der Waals surface area contributed by atoms with E-state index in [0.29, 0.717) is 23.5 Å². The number of fused-ring (bicyclic) bond motifs is 1. The minimum absolute atomic E-state index is 0.0759. The van der Waals surface area contributed by atoms with E-state index in [1.807, 2.05) is 0 Å². The van der Waals surface area contributed by atoms with Gasteiger partial charge in [0.05, 0.1) is 42.3 Å². The van der Waals surface area contributed by atoms with Crippen molar-refractivity contribution >= 4 is 33.2 Å². The summed E-state index contributed by atoms with van der Waals surface area (Å²) in [6.07, 6.45) is 1.38. The molecule has 0 aliphatic carbocycles. The molecule has 11 heteroatoms. The third-order valence-corrected chi connectivity index (χ3v) is 7.17. The summed E-state index contributed by atoms with van der Waals surface area (Å²) in [6, 6.07) is 3.29. The summed E-state index contributed by atoms with van der Waals surface area (Å²) in [6.45, 7) is 6.88. The second-order valence-corrected chi connectivity index (χ2v) is 10.9. The number of benzene rings is 2. The molecule has 3 amide bonds. The Morgan fingerprint density at radius 1 is 1.11 bits per heavy atom. The third-order valence-electron chi connectivity index (χ3n) is 6.25. The van der Waals surface area contributed by atoms with E-state index in [4.69, 9.17) is 9.47 Å². The van der Waals surface area contributed by atoms with Crippen molar-refractivity contribution in [3.8, 4) is 11.5 Å². The lowest BCUT2D eigenvalue weighted by Gasteiger charge is -2.27. The number of methoxy groups -OCH3 is 1. The Balaban J connectivity index is 2.27. The van der Waals surface area contributed by atoms with E-state index in [-0.39, 0.29) is 35.4 Å². The Morgan fingerprint density at radius 2 is 1.76 bits per heavy atom. The number of hydrogen-bond acceptors (Lipinski definition) is 7. The van der Waals surface area contributed by atoms with Gasteiger partial charge in [0.2, 0.25) is 5.91 Å². The lowest BCUT2D eigenvalue weighted by atomic mass is 9.94. The molecule has 0 fully saturated rings. The molecule has 0 unspecified atom stereocenters. The molecule has 0 saturated carbocycles. The fourth-order valence-electron chi connectivity index (χ4n) is 4.51. The zero-order valence-electron chi connectivity index (χ0n) is 21.7. The van der Waals surface area contributed by atoms with Gasteiger partial charge in [0, 0.05) is 12.7 Å². The Bertz CT molecular complexity index is 1370. The summed E-state index contributed by atoms with van der Waals surface area (Å²) >= 11 is 0. The van der Waals surface area contributed by atoms with E-state index in [1.54, 1.807) is 26.8 Å². The second kappa shape index (κ2) is 10.9. The molecule has 1 aliphatic heterocycles. The first-order valence-electron chi connectivity index (χ1n) is 11.9. The van der Waals surface area contributed by atoms with Crippen LogP contribution in [0, 0.1) is 12.7 Å². The van der Waals surface area contributed by atoms with Gasteiger partial charge in [0.1, 0.15) is 15.7 Å². The Labute approximate surface area is 215 Å². The number of rotatable bonds is 10. The van der Waals surface area contributed by atoms with Crippen molar-refractivity contribution in [3.05, 3.63) is 51.8 Å². The molecule has 2 aromatic rings. The van der Waals surface area contributed by atoms with Gasteiger partial charge in [0.15, 0.2) is 11.5 Å². The van der Waals surface area contributed by atoms with Crippen LogP contribution in [0.4, 0.5) is 10.1 Å². The molecule has 1 atom stereocenters. The van der Waals surface area contributed by atoms with Crippen molar-refractivity contribution < 1.29 is 36.7 Å². The number of imide groups is 1. The van der Waals surface area contributed by atoms with Crippen LogP contribution in [0.15, 0.2) is 18.2 Å². The number of anilines is 1. The number of amides is 3. The predicted molar refractivity (Wildman–Crippen MR) is 137 cm³/mol. The molecule has 37 heavy (non-hydrogen) atoms. The number of halogens is 1. The summed E-state index contributed by atoms with van der Waals surface area (Å²) in [5.41, 5.74) is 0.136. The molecule has 1 heterocycles. The van der Waals surface area contributed by atoms with Gasteiger partial charge in [-0.2, -0.15) is 0 Å². The van der Waals surface area contributed by atoms with Gasteiger partial charge in [-0.05, 0) is 49.1 Å². The van der Waals surface area contributed by atoms with E-state index in [1.165, 1.54) is 26.2 Å². The predicted octanol–water partition coefficient (Wildman–Crippen LogP) is 3.83. The average molecular weight is 535 g/mol. The minimum atomic E-state index is -3.73. The maximum atomic E-state index is 15.5. The first-order chi connectivity index (χ1) is 17.4. The highest BCUT2D eigenvalue weighted by atomic mass is 32.2. The third kappa shape index (κ3) is 5.31. The van der Waals surface area contributed by atoms with Gasteiger partial charge in [-0.3, -0.25) is 19.3 Å². The molecule has 0 spiro atoms. The van der Waals surface area contributed by atoms with Crippen molar-refractivity contribution in [3.63, 3.8) is 0 Å². The lowest BCUT2D eigenvalue weighted by Crippen LogP contribution is -2.38. The maximum Gasteiger partial charge on any atom is 0.265 e. The highest BCUT2D eigenvalue weighted by Gasteiger charge is 2.46. The van der Waals surface area contributed by atoms with E-state index < -0.39 is 50.7 Å². The molecule has 0 bridgehead atoms. The fourth-order valence-corrected chi connectivity index (χ4v) is 5.42. The Kier molecular flexibility index (Phi) is 8.26. The summed E-state index contributed by atoms with van der Waals surface area (Å²) < 4.78 is 51.3. The van der Waals surface area contributed by atoms with Gasteiger partial charge >= 0.3 is 0 Å². The number of hydrogen-bond donors (Lipinski definition) is 1. The molecular weight excluding hydrogens is 503 g/mol. The normalized spacial score (nSPS) is 14.0. The number of sulfone groups is 1. The zero-order valence-corrected chi connectivity index (χ0v) is 22.5. The molecule has 1 N–H and O–H groups in total. The smallest absolute Gasteiger partial charge is 0.265 e. The standard InChI is InChI=1S/C26H31FN2O7S/c1-7-16-14(4)23(27)21-22(24(16)28-20(30)8-2)26(32)29(25(21)31)17(13-37(6,33)34)15-10-11-18(35-5)19(12-15)36-9-3/h10-12,17H,7-9,13H2,1-6H3,(H,28,30)/t17-/m1/s1. The average Bonchev–Trinajstić information content (AvgIpc) is 3.10. The largest absolute Gasteiger partial charge is 0.493 e. The lowest BCUT2D eigenvalue weighted by molar-refractivity contribution is -0.115. The molecule has 9 nitrogen and oxygen atoms in total. The van der Waals surface area contributed by atoms with Crippen molar-refractivity contribution in [2.24, 2.45) is 0 Å². The Morgan fingerprint density at radius 3 is 2.30 bits per heavy atom. The maximum absolute atomic E-state index is 15.5. The molecular formula is C26H31FN2O7S. The van der Waals surface area contributed by atoms with Crippen LogP contribution in [-0.2, 0) is 21.1 Å². The first-order valence-corrected chi connectivity index (χ1v) is 14.0. The van der Waals surface area contributed by atoms with Crippen LogP contribution in [0.3, 0.4) is 0 Å². The van der Waals surface area contributed by atoms with Gasteiger partial charge in [0.25, 0.3) is 11.8 Å². The number of nitrogens with one attached hydrogen (secondary N) is 1.